The van der Waals surface area contributed by atoms with Gasteiger partial charge in [0.05, 0.1) is 0 Å². The Morgan fingerprint density at radius 3 is 2.40 bits per heavy atom. The van der Waals surface area contributed by atoms with Gasteiger partial charge in [0.25, 0.3) is 0 Å². The number of amides is 2. The lowest BCUT2D eigenvalue weighted by atomic mass is 9.99. The van der Waals surface area contributed by atoms with Crippen LogP contribution in [0.1, 0.15) is 51.9 Å². The van der Waals surface area contributed by atoms with Crippen LogP contribution in [0, 0.1) is 0 Å². The molecule has 5 nitrogen and oxygen atoms in total. The van der Waals surface area contributed by atoms with Crippen LogP contribution >= 0.6 is 0 Å². The lowest BCUT2D eigenvalue weighted by Gasteiger charge is -2.35. The van der Waals surface area contributed by atoms with E-state index in [0.717, 1.165) is 44.6 Å². The quantitative estimate of drug-likeness (QED) is 0.834. The van der Waals surface area contributed by atoms with Crippen LogP contribution in [0.2, 0.25) is 0 Å². The van der Waals surface area contributed by atoms with Crippen molar-refractivity contribution in [3.63, 3.8) is 0 Å². The lowest BCUT2D eigenvalue weighted by Crippen LogP contribution is -2.44. The molecule has 2 saturated heterocycles. The maximum atomic E-state index is 12.5. The van der Waals surface area contributed by atoms with Crippen LogP contribution in [0.4, 0.5) is 11.4 Å². The van der Waals surface area contributed by atoms with Crippen molar-refractivity contribution in [1.29, 1.82) is 0 Å². The molecule has 1 aromatic carbocycles. The van der Waals surface area contributed by atoms with Gasteiger partial charge < -0.3 is 15.1 Å². The SMILES string of the molecule is CCC1CCCCN1C(=O)CC(=O)Nc1ccc(N2CCCC2)cc1. The predicted octanol–water partition coefficient (Wildman–Crippen LogP) is 3.41. The molecule has 1 unspecified atom stereocenters. The summed E-state index contributed by atoms with van der Waals surface area (Å²) in [6.45, 7) is 5.11. The van der Waals surface area contributed by atoms with Crippen molar-refractivity contribution in [3.05, 3.63) is 24.3 Å². The van der Waals surface area contributed by atoms with Crippen LogP contribution < -0.4 is 10.2 Å². The van der Waals surface area contributed by atoms with E-state index in [2.05, 4.69) is 17.1 Å². The Balaban J connectivity index is 1.52. The van der Waals surface area contributed by atoms with Gasteiger partial charge in [-0.05, 0) is 62.8 Å². The summed E-state index contributed by atoms with van der Waals surface area (Å²) in [5.41, 5.74) is 1.96. The number of hydrogen-bond acceptors (Lipinski definition) is 3. The molecule has 3 rings (SSSR count). The Kier molecular flexibility index (Phi) is 5.95. The van der Waals surface area contributed by atoms with E-state index in [4.69, 9.17) is 0 Å². The fourth-order valence-electron chi connectivity index (χ4n) is 3.93. The van der Waals surface area contributed by atoms with Crippen molar-refractivity contribution in [2.24, 2.45) is 0 Å². The summed E-state index contributed by atoms with van der Waals surface area (Å²) in [6, 6.07) is 8.23. The van der Waals surface area contributed by atoms with Crippen LogP contribution in [-0.2, 0) is 9.59 Å². The number of carbonyl (C=O) groups excluding carboxylic acids is 2. The third-order valence-corrected chi connectivity index (χ3v) is 5.35. The van der Waals surface area contributed by atoms with E-state index in [1.54, 1.807) is 0 Å². The molecule has 0 spiro atoms. The Bertz CT molecular complexity index is 593. The van der Waals surface area contributed by atoms with Gasteiger partial charge in [0.1, 0.15) is 6.42 Å². The molecule has 1 aromatic rings. The summed E-state index contributed by atoms with van der Waals surface area (Å²) >= 11 is 0. The highest BCUT2D eigenvalue weighted by atomic mass is 16.2. The molecule has 5 heteroatoms. The number of hydrogen-bond donors (Lipinski definition) is 1. The smallest absolute Gasteiger partial charge is 0.233 e. The minimum absolute atomic E-state index is 0.0438. The normalized spacial score (nSPS) is 20.6. The number of piperidine rings is 1. The standard InChI is InChI=1S/C20H29N3O2/c1-2-17-7-3-4-14-23(17)20(25)15-19(24)21-16-8-10-18(11-9-16)22-12-5-6-13-22/h8-11,17H,2-7,12-15H2,1H3,(H,21,24). The topological polar surface area (TPSA) is 52.7 Å². The van der Waals surface area contributed by atoms with Crippen molar-refractivity contribution >= 4 is 23.2 Å². The molecule has 0 saturated carbocycles. The molecule has 2 aliphatic rings. The molecule has 136 valence electrons. The number of nitrogens with one attached hydrogen (secondary N) is 1. The van der Waals surface area contributed by atoms with E-state index in [1.807, 2.05) is 29.2 Å². The molecule has 2 aliphatic heterocycles. The molecular weight excluding hydrogens is 314 g/mol. The average Bonchev–Trinajstić information content (AvgIpc) is 3.17. The minimum atomic E-state index is -0.223. The van der Waals surface area contributed by atoms with Gasteiger partial charge in [0, 0.05) is 37.1 Å². The first-order chi connectivity index (χ1) is 12.2. The van der Waals surface area contributed by atoms with Gasteiger partial charge in [-0.2, -0.15) is 0 Å². The number of rotatable bonds is 5. The molecule has 0 aliphatic carbocycles. The molecule has 2 heterocycles. The first-order valence-electron chi connectivity index (χ1n) is 9.61. The van der Waals surface area contributed by atoms with E-state index < -0.39 is 0 Å². The zero-order chi connectivity index (χ0) is 17.6. The second-order valence-corrected chi connectivity index (χ2v) is 7.11. The zero-order valence-corrected chi connectivity index (χ0v) is 15.2. The van der Waals surface area contributed by atoms with Gasteiger partial charge in [-0.3, -0.25) is 9.59 Å². The van der Waals surface area contributed by atoms with Gasteiger partial charge in [-0.15, -0.1) is 0 Å². The average molecular weight is 343 g/mol. The molecule has 1 N–H and O–H groups in total. The van der Waals surface area contributed by atoms with Crippen molar-refractivity contribution in [3.8, 4) is 0 Å². The highest BCUT2D eigenvalue weighted by Gasteiger charge is 2.26. The first-order valence-corrected chi connectivity index (χ1v) is 9.61. The van der Waals surface area contributed by atoms with Crippen LogP contribution in [0.15, 0.2) is 24.3 Å². The lowest BCUT2D eigenvalue weighted by molar-refractivity contribution is -0.137. The van der Waals surface area contributed by atoms with Crippen molar-refractivity contribution in [2.75, 3.05) is 29.9 Å². The Morgan fingerprint density at radius 1 is 1.04 bits per heavy atom. The highest BCUT2D eigenvalue weighted by Crippen LogP contribution is 2.23. The first kappa shape index (κ1) is 17.8. The summed E-state index contributed by atoms with van der Waals surface area (Å²) in [7, 11) is 0. The van der Waals surface area contributed by atoms with E-state index >= 15 is 0 Å². The largest absolute Gasteiger partial charge is 0.372 e. The monoisotopic (exact) mass is 343 g/mol. The Labute approximate surface area is 150 Å². The van der Waals surface area contributed by atoms with Gasteiger partial charge in [-0.25, -0.2) is 0 Å². The zero-order valence-electron chi connectivity index (χ0n) is 15.2. The van der Waals surface area contributed by atoms with Crippen LogP contribution in [0.3, 0.4) is 0 Å². The van der Waals surface area contributed by atoms with Crippen LogP contribution in [0.5, 0.6) is 0 Å². The molecule has 2 fully saturated rings. The summed E-state index contributed by atoms with van der Waals surface area (Å²) < 4.78 is 0. The summed E-state index contributed by atoms with van der Waals surface area (Å²) in [5, 5.41) is 2.86. The number of nitrogens with zero attached hydrogens (tertiary/aromatic N) is 2. The summed E-state index contributed by atoms with van der Waals surface area (Å²) in [4.78, 5) is 28.9. The predicted molar refractivity (Wildman–Crippen MR) is 101 cm³/mol. The minimum Gasteiger partial charge on any atom is -0.372 e. The maximum Gasteiger partial charge on any atom is 0.233 e. The number of carbonyl (C=O) groups is 2. The molecule has 0 bridgehead atoms. The van der Waals surface area contributed by atoms with Crippen LogP contribution in [0.25, 0.3) is 0 Å². The van der Waals surface area contributed by atoms with Gasteiger partial charge in [0.15, 0.2) is 0 Å². The van der Waals surface area contributed by atoms with Gasteiger partial charge in [-0.1, -0.05) is 6.92 Å². The fourth-order valence-corrected chi connectivity index (χ4v) is 3.93. The van der Waals surface area contributed by atoms with Crippen molar-refractivity contribution < 1.29 is 9.59 Å². The summed E-state index contributed by atoms with van der Waals surface area (Å²) in [6.07, 6.45) is 6.67. The third kappa shape index (κ3) is 4.53. The van der Waals surface area contributed by atoms with Gasteiger partial charge in [0.2, 0.25) is 11.8 Å². The Morgan fingerprint density at radius 2 is 1.72 bits per heavy atom. The van der Waals surface area contributed by atoms with Gasteiger partial charge >= 0.3 is 0 Å². The van der Waals surface area contributed by atoms with E-state index in [0.29, 0.717) is 6.04 Å². The molecule has 2 amide bonds. The van der Waals surface area contributed by atoms with E-state index in [-0.39, 0.29) is 18.2 Å². The van der Waals surface area contributed by atoms with Crippen LogP contribution in [-0.4, -0.2) is 42.4 Å². The number of likely N-dealkylation sites (tertiary alicyclic amines) is 1. The molecule has 1 atom stereocenters. The number of benzene rings is 1. The molecular formula is C20H29N3O2. The second kappa shape index (κ2) is 8.37. The number of anilines is 2. The maximum absolute atomic E-state index is 12.5. The summed E-state index contributed by atoms with van der Waals surface area (Å²) in [5.74, 6) is -0.267. The molecule has 25 heavy (non-hydrogen) atoms. The second-order valence-electron chi connectivity index (χ2n) is 7.11. The molecule has 0 radical (unpaired) electrons. The molecule has 0 aromatic heterocycles. The van der Waals surface area contributed by atoms with Crippen molar-refractivity contribution in [1.82, 2.24) is 4.90 Å². The fraction of sp³-hybridized carbons (Fsp3) is 0.600. The van der Waals surface area contributed by atoms with E-state index in [9.17, 15) is 9.59 Å². The third-order valence-electron chi connectivity index (χ3n) is 5.35. The van der Waals surface area contributed by atoms with E-state index in [1.165, 1.54) is 24.9 Å². The van der Waals surface area contributed by atoms with Crippen molar-refractivity contribution in [2.45, 2.75) is 57.9 Å². The highest BCUT2D eigenvalue weighted by molar-refractivity contribution is 6.03. The Hall–Kier alpha value is -2.04.